The summed E-state index contributed by atoms with van der Waals surface area (Å²) in [6, 6.07) is 1.94. The number of halogens is 2. The minimum absolute atomic E-state index is 0.100. The van der Waals surface area contributed by atoms with E-state index in [1.54, 1.807) is 22.6 Å². The Morgan fingerprint density at radius 2 is 2.35 bits per heavy atom. The van der Waals surface area contributed by atoms with Crippen molar-refractivity contribution in [1.82, 2.24) is 0 Å². The predicted octanol–water partition coefficient (Wildman–Crippen LogP) is 2.26. The maximum Gasteiger partial charge on any atom is 0.293 e. The summed E-state index contributed by atoms with van der Waals surface area (Å²) in [6.07, 6.45) is 0.587. The molecule has 3 atom stereocenters. The van der Waals surface area contributed by atoms with Crippen LogP contribution in [0.15, 0.2) is 12.1 Å². The smallest absolute Gasteiger partial charge is 0.293 e. The van der Waals surface area contributed by atoms with E-state index in [1.807, 2.05) is 6.92 Å². The van der Waals surface area contributed by atoms with Crippen molar-refractivity contribution in [3.05, 3.63) is 31.6 Å². The van der Waals surface area contributed by atoms with Crippen molar-refractivity contribution >= 4 is 34.0 Å². The predicted molar refractivity (Wildman–Crippen MR) is 81.2 cm³/mol. The van der Waals surface area contributed by atoms with Crippen molar-refractivity contribution in [2.45, 2.75) is 31.5 Å². The summed E-state index contributed by atoms with van der Waals surface area (Å²) in [7, 11) is 0. The van der Waals surface area contributed by atoms with E-state index in [0.29, 0.717) is 13.0 Å². The fourth-order valence-electron chi connectivity index (χ4n) is 2.21. The Labute approximate surface area is 129 Å². The molecular formula is C12H15FIN3O3. The first-order valence-electron chi connectivity index (χ1n) is 6.21. The van der Waals surface area contributed by atoms with Crippen LogP contribution < -0.4 is 11.1 Å². The van der Waals surface area contributed by atoms with Crippen LogP contribution in [0.2, 0.25) is 0 Å². The molecule has 1 aromatic rings. The first-order valence-corrected chi connectivity index (χ1v) is 7.29. The van der Waals surface area contributed by atoms with Gasteiger partial charge in [-0.2, -0.15) is 0 Å². The van der Waals surface area contributed by atoms with Crippen molar-refractivity contribution in [2.24, 2.45) is 5.73 Å². The highest BCUT2D eigenvalue weighted by Crippen LogP contribution is 2.33. The first-order chi connectivity index (χ1) is 9.43. The maximum atomic E-state index is 13.6. The molecule has 8 heteroatoms. The van der Waals surface area contributed by atoms with Crippen LogP contribution >= 0.6 is 22.6 Å². The van der Waals surface area contributed by atoms with Crippen LogP contribution in [0.3, 0.4) is 0 Å². The van der Waals surface area contributed by atoms with E-state index in [1.165, 1.54) is 6.07 Å². The van der Waals surface area contributed by atoms with Crippen molar-refractivity contribution in [3.63, 3.8) is 0 Å². The van der Waals surface area contributed by atoms with Crippen LogP contribution in [0.4, 0.5) is 15.8 Å². The van der Waals surface area contributed by atoms with Crippen LogP contribution in [0.5, 0.6) is 0 Å². The van der Waals surface area contributed by atoms with Crippen molar-refractivity contribution < 1.29 is 14.1 Å². The van der Waals surface area contributed by atoms with Crippen LogP contribution in [0, 0.1) is 19.5 Å². The number of ether oxygens (including phenoxy) is 1. The van der Waals surface area contributed by atoms with E-state index in [2.05, 4.69) is 5.32 Å². The van der Waals surface area contributed by atoms with Gasteiger partial charge >= 0.3 is 0 Å². The van der Waals surface area contributed by atoms with E-state index in [-0.39, 0.29) is 33.1 Å². The lowest BCUT2D eigenvalue weighted by Crippen LogP contribution is -2.60. The molecule has 0 spiro atoms. The lowest BCUT2D eigenvalue weighted by molar-refractivity contribution is -0.384. The number of nitrogens with two attached hydrogens (primary N) is 1. The highest BCUT2D eigenvalue weighted by molar-refractivity contribution is 14.1. The van der Waals surface area contributed by atoms with Gasteiger partial charge < -0.3 is 15.8 Å². The lowest BCUT2D eigenvalue weighted by Gasteiger charge is -2.42. The third kappa shape index (κ3) is 3.01. The largest absolute Gasteiger partial charge is 0.376 e. The molecule has 6 nitrogen and oxygen atoms in total. The van der Waals surface area contributed by atoms with Gasteiger partial charge in [-0.1, -0.05) is 0 Å². The highest BCUT2D eigenvalue weighted by atomic mass is 127. The molecule has 20 heavy (non-hydrogen) atoms. The Kier molecular flexibility index (Phi) is 4.76. The van der Waals surface area contributed by atoms with E-state index >= 15 is 0 Å². The summed E-state index contributed by atoms with van der Waals surface area (Å²) < 4.78 is 19.3. The number of anilines is 1. The summed E-state index contributed by atoms with van der Waals surface area (Å²) in [5.41, 5.74) is 5.85. The molecule has 1 saturated carbocycles. The first kappa shape index (κ1) is 15.4. The van der Waals surface area contributed by atoms with Gasteiger partial charge in [0.05, 0.1) is 20.6 Å². The number of nitro benzene ring substituents is 1. The summed E-state index contributed by atoms with van der Waals surface area (Å²) in [5, 5.41) is 14.0. The molecule has 1 aliphatic rings. The van der Waals surface area contributed by atoms with Gasteiger partial charge in [-0.3, -0.25) is 10.1 Å². The van der Waals surface area contributed by atoms with Crippen LogP contribution in [-0.2, 0) is 4.74 Å². The number of hydrogen-bond acceptors (Lipinski definition) is 5. The number of nitrogens with one attached hydrogen (secondary N) is 1. The molecule has 0 amide bonds. The van der Waals surface area contributed by atoms with Gasteiger partial charge in [-0.05, 0) is 35.9 Å². The Balaban J connectivity index is 2.24. The molecule has 0 aliphatic heterocycles. The number of nitro groups is 1. The summed E-state index contributed by atoms with van der Waals surface area (Å²) >= 11 is 1.72. The molecule has 2 rings (SSSR count). The standard InChI is InChI=1S/C12H15FIN3O3/c1-2-20-11-5-8(15)12(11)16-9-3-6(13)7(14)4-10(9)17(18)19/h3-4,8,11-12,16H,2,5,15H2,1H3. The zero-order chi connectivity index (χ0) is 14.9. The summed E-state index contributed by atoms with van der Waals surface area (Å²) in [6.45, 7) is 2.41. The zero-order valence-electron chi connectivity index (χ0n) is 10.8. The number of hydrogen-bond donors (Lipinski definition) is 2. The molecular weight excluding hydrogens is 380 g/mol. The fraction of sp³-hybridized carbons (Fsp3) is 0.500. The van der Waals surface area contributed by atoms with Crippen LogP contribution in [0.25, 0.3) is 0 Å². The van der Waals surface area contributed by atoms with E-state index in [0.717, 1.165) is 6.07 Å². The van der Waals surface area contributed by atoms with Crippen LogP contribution in [-0.4, -0.2) is 29.7 Å². The van der Waals surface area contributed by atoms with Crippen molar-refractivity contribution in [1.29, 1.82) is 0 Å². The molecule has 1 aliphatic carbocycles. The average molecular weight is 395 g/mol. The Hall–Kier alpha value is -1.00. The zero-order valence-corrected chi connectivity index (χ0v) is 13.0. The van der Waals surface area contributed by atoms with Gasteiger partial charge in [-0.15, -0.1) is 0 Å². The SMILES string of the molecule is CCOC1CC(N)C1Nc1cc(F)c(I)cc1[N+](=O)[O-]. The Bertz CT molecular complexity index is 527. The minimum atomic E-state index is -0.538. The van der Waals surface area contributed by atoms with E-state index in [4.69, 9.17) is 10.5 Å². The van der Waals surface area contributed by atoms with E-state index in [9.17, 15) is 14.5 Å². The second-order valence-electron chi connectivity index (χ2n) is 4.60. The lowest BCUT2D eigenvalue weighted by atomic mass is 9.83. The molecule has 0 saturated heterocycles. The second-order valence-corrected chi connectivity index (χ2v) is 5.77. The topological polar surface area (TPSA) is 90.4 Å². The number of benzene rings is 1. The van der Waals surface area contributed by atoms with Gasteiger partial charge in [0.1, 0.15) is 11.5 Å². The Morgan fingerprint density at radius 1 is 1.65 bits per heavy atom. The molecule has 0 radical (unpaired) electrons. The second kappa shape index (κ2) is 6.19. The van der Waals surface area contributed by atoms with Gasteiger partial charge in [0.25, 0.3) is 5.69 Å². The van der Waals surface area contributed by atoms with Gasteiger partial charge in [0.15, 0.2) is 0 Å². The third-order valence-electron chi connectivity index (χ3n) is 3.30. The van der Waals surface area contributed by atoms with Crippen molar-refractivity contribution in [3.8, 4) is 0 Å². The monoisotopic (exact) mass is 395 g/mol. The highest BCUT2D eigenvalue weighted by Gasteiger charge is 2.40. The van der Waals surface area contributed by atoms with Crippen molar-refractivity contribution in [2.75, 3.05) is 11.9 Å². The molecule has 3 unspecified atom stereocenters. The normalized spacial score (nSPS) is 25.1. The molecule has 0 bridgehead atoms. The number of nitrogens with zero attached hydrogens (tertiary/aromatic N) is 1. The van der Waals surface area contributed by atoms with E-state index < -0.39 is 10.7 Å². The van der Waals surface area contributed by atoms with Gasteiger partial charge in [0, 0.05) is 24.8 Å². The average Bonchev–Trinajstić information content (AvgIpc) is 2.39. The number of rotatable bonds is 5. The minimum Gasteiger partial charge on any atom is -0.376 e. The molecule has 110 valence electrons. The third-order valence-corrected chi connectivity index (χ3v) is 4.13. The van der Waals surface area contributed by atoms with Gasteiger partial charge in [-0.25, -0.2) is 4.39 Å². The van der Waals surface area contributed by atoms with Gasteiger partial charge in [0.2, 0.25) is 0 Å². The molecule has 0 heterocycles. The molecule has 1 aromatic carbocycles. The quantitative estimate of drug-likeness (QED) is 0.454. The molecule has 0 aromatic heterocycles. The Morgan fingerprint density at radius 3 is 2.90 bits per heavy atom. The maximum absolute atomic E-state index is 13.6. The summed E-state index contributed by atoms with van der Waals surface area (Å²) in [5.74, 6) is -0.500. The van der Waals surface area contributed by atoms with Crippen LogP contribution in [0.1, 0.15) is 13.3 Å². The molecule has 3 N–H and O–H groups in total. The fourth-order valence-corrected chi connectivity index (χ4v) is 2.66. The molecule has 1 fully saturated rings. The summed E-state index contributed by atoms with van der Waals surface area (Å²) in [4.78, 5) is 10.5.